The summed E-state index contributed by atoms with van der Waals surface area (Å²) in [6.45, 7) is 9.64. The van der Waals surface area contributed by atoms with Crippen LogP contribution in [0, 0.1) is 20.8 Å². The zero-order valence-corrected chi connectivity index (χ0v) is 16.5. The van der Waals surface area contributed by atoms with Crippen LogP contribution in [-0.4, -0.2) is 37.3 Å². The van der Waals surface area contributed by atoms with Crippen molar-refractivity contribution in [2.75, 3.05) is 20.1 Å². The highest BCUT2D eigenvalue weighted by Crippen LogP contribution is 2.29. The standard InChI is InChI=1S/C22H29N3O/c1-6-25(5)15-24-21-16(2)14-20(17(3)18(21)4)22(26)23-13-12-19-10-8-7-9-11-19/h7-11,14-15H,6,12-13H2,1-5H3,(H,23,26). The maximum Gasteiger partial charge on any atom is 0.251 e. The van der Waals surface area contributed by atoms with Crippen molar-refractivity contribution in [3.8, 4) is 0 Å². The average molecular weight is 351 g/mol. The maximum absolute atomic E-state index is 12.6. The summed E-state index contributed by atoms with van der Waals surface area (Å²) in [6, 6.07) is 12.1. The number of nitrogens with one attached hydrogen (secondary N) is 1. The van der Waals surface area contributed by atoms with Crippen LogP contribution < -0.4 is 5.32 Å². The Morgan fingerprint density at radius 1 is 1.15 bits per heavy atom. The van der Waals surface area contributed by atoms with Gasteiger partial charge in [-0.1, -0.05) is 30.3 Å². The van der Waals surface area contributed by atoms with Crippen molar-refractivity contribution in [2.45, 2.75) is 34.1 Å². The first kappa shape index (κ1) is 19.7. The van der Waals surface area contributed by atoms with Crippen LogP contribution in [0.4, 0.5) is 5.69 Å². The predicted octanol–water partition coefficient (Wildman–Crippen LogP) is 4.20. The third-order valence-electron chi connectivity index (χ3n) is 4.73. The van der Waals surface area contributed by atoms with E-state index in [2.05, 4.69) is 29.4 Å². The van der Waals surface area contributed by atoms with Gasteiger partial charge in [0.1, 0.15) is 0 Å². The Labute approximate surface area is 157 Å². The lowest BCUT2D eigenvalue weighted by molar-refractivity contribution is 0.0953. The van der Waals surface area contributed by atoms with Crippen molar-refractivity contribution in [1.29, 1.82) is 0 Å². The first-order valence-corrected chi connectivity index (χ1v) is 9.11. The smallest absolute Gasteiger partial charge is 0.251 e. The number of amides is 1. The van der Waals surface area contributed by atoms with Crippen LogP contribution in [0.3, 0.4) is 0 Å². The van der Waals surface area contributed by atoms with Crippen molar-refractivity contribution >= 4 is 17.9 Å². The highest BCUT2D eigenvalue weighted by molar-refractivity contribution is 5.97. The van der Waals surface area contributed by atoms with Crippen LogP contribution in [0.5, 0.6) is 0 Å². The summed E-state index contributed by atoms with van der Waals surface area (Å²) in [4.78, 5) is 19.3. The predicted molar refractivity (Wildman–Crippen MR) is 110 cm³/mol. The van der Waals surface area contributed by atoms with Gasteiger partial charge < -0.3 is 10.2 Å². The van der Waals surface area contributed by atoms with E-state index < -0.39 is 0 Å². The zero-order valence-electron chi connectivity index (χ0n) is 16.5. The molecule has 0 fully saturated rings. The quantitative estimate of drug-likeness (QED) is 0.600. The minimum Gasteiger partial charge on any atom is -0.366 e. The lowest BCUT2D eigenvalue weighted by Crippen LogP contribution is -2.26. The summed E-state index contributed by atoms with van der Waals surface area (Å²) in [5, 5.41) is 3.04. The molecule has 0 bridgehead atoms. The van der Waals surface area contributed by atoms with E-state index in [0.717, 1.165) is 40.9 Å². The summed E-state index contributed by atoms with van der Waals surface area (Å²) in [6.07, 6.45) is 2.67. The second-order valence-electron chi connectivity index (χ2n) is 6.65. The fraction of sp³-hybridized carbons (Fsp3) is 0.364. The SMILES string of the molecule is CCN(C)C=Nc1c(C)cc(C(=O)NCCc2ccccc2)c(C)c1C. The third-order valence-corrected chi connectivity index (χ3v) is 4.73. The topological polar surface area (TPSA) is 44.7 Å². The molecule has 26 heavy (non-hydrogen) atoms. The summed E-state index contributed by atoms with van der Waals surface area (Å²) < 4.78 is 0. The molecule has 0 saturated heterocycles. The minimum absolute atomic E-state index is 0.0224. The molecule has 0 radical (unpaired) electrons. The molecule has 0 aromatic heterocycles. The number of hydrogen-bond acceptors (Lipinski definition) is 2. The number of benzene rings is 2. The highest BCUT2D eigenvalue weighted by Gasteiger charge is 2.15. The molecule has 0 spiro atoms. The monoisotopic (exact) mass is 351 g/mol. The van der Waals surface area contributed by atoms with Gasteiger partial charge in [0.05, 0.1) is 12.0 Å². The van der Waals surface area contributed by atoms with E-state index in [9.17, 15) is 4.79 Å². The van der Waals surface area contributed by atoms with E-state index in [-0.39, 0.29) is 5.91 Å². The number of carbonyl (C=O) groups excluding carboxylic acids is 1. The van der Waals surface area contributed by atoms with Crippen molar-refractivity contribution in [1.82, 2.24) is 10.2 Å². The van der Waals surface area contributed by atoms with E-state index in [0.29, 0.717) is 6.54 Å². The lowest BCUT2D eigenvalue weighted by Gasteiger charge is -2.15. The van der Waals surface area contributed by atoms with Gasteiger partial charge in [-0.3, -0.25) is 4.79 Å². The Morgan fingerprint density at radius 2 is 1.85 bits per heavy atom. The molecular weight excluding hydrogens is 322 g/mol. The second-order valence-corrected chi connectivity index (χ2v) is 6.65. The van der Waals surface area contributed by atoms with Gasteiger partial charge in [0.2, 0.25) is 0 Å². The van der Waals surface area contributed by atoms with Crippen LogP contribution in [-0.2, 0) is 6.42 Å². The molecular formula is C22H29N3O. The van der Waals surface area contributed by atoms with Crippen molar-refractivity contribution in [3.63, 3.8) is 0 Å². The Bertz CT molecular complexity index is 782. The van der Waals surface area contributed by atoms with Crippen molar-refractivity contribution in [3.05, 3.63) is 64.2 Å². The van der Waals surface area contributed by atoms with Gasteiger partial charge >= 0.3 is 0 Å². The molecule has 2 rings (SSSR count). The Hall–Kier alpha value is -2.62. The number of aryl methyl sites for hydroxylation is 1. The van der Waals surface area contributed by atoms with Gasteiger partial charge in [-0.2, -0.15) is 0 Å². The van der Waals surface area contributed by atoms with Gasteiger partial charge in [0.25, 0.3) is 5.91 Å². The van der Waals surface area contributed by atoms with Crippen molar-refractivity contribution in [2.24, 2.45) is 4.99 Å². The Kier molecular flexibility index (Phi) is 6.96. The number of aliphatic imine (C=N–C) groups is 1. The first-order valence-electron chi connectivity index (χ1n) is 9.11. The Morgan fingerprint density at radius 3 is 2.50 bits per heavy atom. The lowest BCUT2D eigenvalue weighted by atomic mass is 9.97. The van der Waals surface area contributed by atoms with Gasteiger partial charge in [0, 0.05) is 25.7 Å². The zero-order chi connectivity index (χ0) is 19.1. The molecule has 1 amide bonds. The van der Waals surface area contributed by atoms with Gasteiger partial charge in [-0.15, -0.1) is 0 Å². The van der Waals surface area contributed by atoms with E-state index in [1.807, 2.05) is 63.3 Å². The van der Waals surface area contributed by atoms with Crippen LogP contribution in [0.2, 0.25) is 0 Å². The summed E-state index contributed by atoms with van der Waals surface area (Å²) in [5.41, 5.74) is 5.96. The number of nitrogens with zero attached hydrogens (tertiary/aromatic N) is 2. The van der Waals surface area contributed by atoms with E-state index in [1.165, 1.54) is 5.56 Å². The largest absolute Gasteiger partial charge is 0.366 e. The minimum atomic E-state index is -0.0224. The number of hydrogen-bond donors (Lipinski definition) is 1. The first-order chi connectivity index (χ1) is 12.4. The highest BCUT2D eigenvalue weighted by atomic mass is 16.1. The van der Waals surface area contributed by atoms with Gasteiger partial charge in [-0.05, 0) is 62.4 Å². The molecule has 4 nitrogen and oxygen atoms in total. The van der Waals surface area contributed by atoms with Gasteiger partial charge in [-0.25, -0.2) is 4.99 Å². The fourth-order valence-corrected chi connectivity index (χ4v) is 2.80. The summed E-state index contributed by atoms with van der Waals surface area (Å²) in [5.74, 6) is -0.0224. The Balaban J connectivity index is 2.11. The summed E-state index contributed by atoms with van der Waals surface area (Å²) >= 11 is 0. The third kappa shape index (κ3) is 4.94. The van der Waals surface area contributed by atoms with Crippen LogP contribution in [0.1, 0.15) is 39.5 Å². The molecule has 2 aromatic rings. The fourth-order valence-electron chi connectivity index (χ4n) is 2.80. The van der Waals surface area contributed by atoms with E-state index in [1.54, 1.807) is 0 Å². The number of carbonyl (C=O) groups is 1. The molecule has 4 heteroatoms. The molecule has 1 N–H and O–H groups in total. The maximum atomic E-state index is 12.6. The average Bonchev–Trinajstić information content (AvgIpc) is 2.65. The van der Waals surface area contributed by atoms with E-state index in [4.69, 9.17) is 0 Å². The molecule has 0 aliphatic carbocycles. The van der Waals surface area contributed by atoms with Crippen LogP contribution in [0.15, 0.2) is 41.4 Å². The van der Waals surface area contributed by atoms with Crippen molar-refractivity contribution < 1.29 is 4.79 Å². The molecule has 138 valence electrons. The molecule has 0 saturated carbocycles. The molecule has 0 heterocycles. The van der Waals surface area contributed by atoms with Crippen LogP contribution in [0.25, 0.3) is 0 Å². The second kappa shape index (κ2) is 9.18. The molecule has 0 atom stereocenters. The molecule has 0 unspecified atom stereocenters. The number of rotatable bonds is 7. The van der Waals surface area contributed by atoms with Gasteiger partial charge in [0.15, 0.2) is 0 Å². The molecule has 0 aliphatic rings. The van der Waals surface area contributed by atoms with E-state index >= 15 is 0 Å². The molecule has 2 aromatic carbocycles. The normalized spacial score (nSPS) is 11.0. The molecule has 0 aliphatic heterocycles. The van der Waals surface area contributed by atoms with Crippen LogP contribution >= 0.6 is 0 Å². The summed E-state index contributed by atoms with van der Waals surface area (Å²) in [7, 11) is 2.00.